The average Bonchev–Trinajstić information content (AvgIpc) is 2.96. The van der Waals surface area contributed by atoms with Crippen molar-refractivity contribution in [2.75, 3.05) is 13.2 Å². The predicted octanol–water partition coefficient (Wildman–Crippen LogP) is 4.36. The topological polar surface area (TPSA) is 34.2 Å². The molecule has 0 bridgehead atoms. The standard InChI is InChI=1S/C17H24N2OS/c1-5-18-16(17-19-14(11-21-17)12(3)4)13-9-7-8-10-15(13)20-6-2/h7-12,16,18H,5-6H2,1-4H3. The SMILES string of the molecule is CCNC(c1nc(C(C)C)cs1)c1ccccc1OCC. The Morgan fingerprint density at radius 1 is 1.24 bits per heavy atom. The van der Waals surface area contributed by atoms with Gasteiger partial charge in [-0.2, -0.15) is 0 Å². The molecule has 1 unspecified atom stereocenters. The van der Waals surface area contributed by atoms with Crippen molar-refractivity contribution in [3.8, 4) is 5.75 Å². The van der Waals surface area contributed by atoms with Crippen molar-refractivity contribution in [3.63, 3.8) is 0 Å². The van der Waals surface area contributed by atoms with Gasteiger partial charge in [0.2, 0.25) is 0 Å². The Morgan fingerprint density at radius 3 is 2.62 bits per heavy atom. The molecule has 0 saturated heterocycles. The highest BCUT2D eigenvalue weighted by Crippen LogP contribution is 2.32. The zero-order chi connectivity index (χ0) is 15.2. The maximum absolute atomic E-state index is 5.78. The highest BCUT2D eigenvalue weighted by Gasteiger charge is 2.21. The van der Waals surface area contributed by atoms with Crippen LogP contribution in [0.4, 0.5) is 0 Å². The molecule has 2 aromatic rings. The first-order valence-corrected chi connectivity index (χ1v) is 8.45. The number of hydrogen-bond acceptors (Lipinski definition) is 4. The fourth-order valence-corrected chi connectivity index (χ4v) is 3.31. The second kappa shape index (κ2) is 7.57. The van der Waals surface area contributed by atoms with Crippen LogP contribution in [0.3, 0.4) is 0 Å². The van der Waals surface area contributed by atoms with E-state index in [4.69, 9.17) is 9.72 Å². The third-order valence-electron chi connectivity index (χ3n) is 3.32. The van der Waals surface area contributed by atoms with Gasteiger partial charge in [0.15, 0.2) is 0 Å². The lowest BCUT2D eigenvalue weighted by Gasteiger charge is -2.19. The van der Waals surface area contributed by atoms with Crippen LogP contribution in [0, 0.1) is 0 Å². The van der Waals surface area contributed by atoms with Gasteiger partial charge in [-0.25, -0.2) is 4.98 Å². The maximum atomic E-state index is 5.78. The van der Waals surface area contributed by atoms with Crippen LogP contribution < -0.4 is 10.1 Å². The van der Waals surface area contributed by atoms with Gasteiger partial charge in [-0.1, -0.05) is 39.0 Å². The molecule has 1 aromatic carbocycles. The molecule has 0 spiro atoms. The molecule has 0 amide bonds. The normalized spacial score (nSPS) is 12.6. The smallest absolute Gasteiger partial charge is 0.124 e. The molecular weight excluding hydrogens is 280 g/mol. The number of thiazole rings is 1. The molecule has 0 aliphatic rings. The molecule has 4 heteroatoms. The lowest BCUT2D eigenvalue weighted by molar-refractivity contribution is 0.333. The summed E-state index contributed by atoms with van der Waals surface area (Å²) in [6, 6.07) is 8.31. The van der Waals surface area contributed by atoms with Crippen LogP contribution in [0.5, 0.6) is 5.75 Å². The van der Waals surface area contributed by atoms with Crippen molar-refractivity contribution in [2.24, 2.45) is 0 Å². The van der Waals surface area contributed by atoms with Gasteiger partial charge >= 0.3 is 0 Å². The fraction of sp³-hybridized carbons (Fsp3) is 0.471. The van der Waals surface area contributed by atoms with E-state index in [9.17, 15) is 0 Å². The molecule has 21 heavy (non-hydrogen) atoms. The molecule has 0 radical (unpaired) electrons. The van der Waals surface area contributed by atoms with E-state index in [1.807, 2.05) is 19.1 Å². The van der Waals surface area contributed by atoms with Crippen molar-refractivity contribution in [1.29, 1.82) is 0 Å². The van der Waals surface area contributed by atoms with E-state index >= 15 is 0 Å². The van der Waals surface area contributed by atoms with Crippen LogP contribution in [-0.4, -0.2) is 18.1 Å². The summed E-state index contributed by atoms with van der Waals surface area (Å²) in [6.07, 6.45) is 0. The Kier molecular flexibility index (Phi) is 5.76. The Labute approximate surface area is 131 Å². The molecule has 1 aromatic heterocycles. The van der Waals surface area contributed by atoms with Gasteiger partial charge < -0.3 is 10.1 Å². The van der Waals surface area contributed by atoms with Crippen LogP contribution >= 0.6 is 11.3 Å². The maximum Gasteiger partial charge on any atom is 0.124 e. The Morgan fingerprint density at radius 2 is 2.00 bits per heavy atom. The van der Waals surface area contributed by atoms with Gasteiger partial charge in [-0.3, -0.25) is 0 Å². The number of hydrogen-bond donors (Lipinski definition) is 1. The van der Waals surface area contributed by atoms with Crippen LogP contribution in [0.1, 0.15) is 55.9 Å². The molecule has 0 aliphatic carbocycles. The lowest BCUT2D eigenvalue weighted by atomic mass is 10.1. The number of aromatic nitrogens is 1. The number of ether oxygens (including phenoxy) is 1. The van der Waals surface area contributed by atoms with Gasteiger partial charge in [-0.15, -0.1) is 11.3 Å². The molecule has 0 aliphatic heterocycles. The van der Waals surface area contributed by atoms with Gasteiger partial charge in [0.05, 0.1) is 18.3 Å². The molecule has 2 rings (SSSR count). The molecule has 0 fully saturated rings. The minimum absolute atomic E-state index is 0.0928. The Hall–Kier alpha value is -1.39. The number of nitrogens with zero attached hydrogens (tertiary/aromatic N) is 1. The molecule has 0 saturated carbocycles. The number of para-hydroxylation sites is 1. The summed E-state index contributed by atoms with van der Waals surface area (Å²) in [4.78, 5) is 4.81. The van der Waals surface area contributed by atoms with E-state index in [1.54, 1.807) is 11.3 Å². The Bertz CT molecular complexity index is 565. The monoisotopic (exact) mass is 304 g/mol. The first-order chi connectivity index (χ1) is 10.2. The van der Waals surface area contributed by atoms with Crippen molar-refractivity contribution < 1.29 is 4.74 Å². The predicted molar refractivity (Wildman–Crippen MR) is 89.3 cm³/mol. The summed E-state index contributed by atoms with van der Waals surface area (Å²) in [5.41, 5.74) is 2.32. The summed E-state index contributed by atoms with van der Waals surface area (Å²) in [6.45, 7) is 10.0. The van der Waals surface area contributed by atoms with E-state index in [0.717, 1.165) is 28.6 Å². The fourth-order valence-electron chi connectivity index (χ4n) is 2.24. The highest BCUT2D eigenvalue weighted by atomic mass is 32.1. The van der Waals surface area contributed by atoms with Gasteiger partial charge in [-0.05, 0) is 25.5 Å². The van der Waals surface area contributed by atoms with E-state index in [1.165, 1.54) is 0 Å². The molecule has 1 heterocycles. The second-order valence-corrected chi connectivity index (χ2v) is 6.12. The van der Waals surface area contributed by atoms with Crippen LogP contribution in [0.15, 0.2) is 29.6 Å². The summed E-state index contributed by atoms with van der Waals surface area (Å²) < 4.78 is 5.78. The van der Waals surface area contributed by atoms with Gasteiger partial charge in [0.1, 0.15) is 10.8 Å². The van der Waals surface area contributed by atoms with E-state index in [-0.39, 0.29) is 6.04 Å². The average molecular weight is 304 g/mol. The van der Waals surface area contributed by atoms with Crippen LogP contribution in [0.2, 0.25) is 0 Å². The zero-order valence-electron chi connectivity index (χ0n) is 13.2. The summed E-state index contributed by atoms with van der Waals surface area (Å²) in [5, 5.41) is 6.80. The summed E-state index contributed by atoms with van der Waals surface area (Å²) >= 11 is 1.72. The first kappa shape index (κ1) is 16.0. The minimum atomic E-state index is 0.0928. The largest absolute Gasteiger partial charge is 0.494 e. The van der Waals surface area contributed by atoms with E-state index in [0.29, 0.717) is 12.5 Å². The third-order valence-corrected chi connectivity index (χ3v) is 4.24. The van der Waals surface area contributed by atoms with Crippen molar-refractivity contribution >= 4 is 11.3 Å². The molecule has 1 atom stereocenters. The minimum Gasteiger partial charge on any atom is -0.494 e. The first-order valence-electron chi connectivity index (χ1n) is 7.57. The van der Waals surface area contributed by atoms with E-state index < -0.39 is 0 Å². The summed E-state index contributed by atoms with van der Waals surface area (Å²) in [5.74, 6) is 1.40. The Balaban J connectivity index is 2.38. The van der Waals surface area contributed by atoms with Crippen molar-refractivity contribution in [1.82, 2.24) is 10.3 Å². The quantitative estimate of drug-likeness (QED) is 0.825. The van der Waals surface area contributed by atoms with Gasteiger partial charge in [0.25, 0.3) is 0 Å². The van der Waals surface area contributed by atoms with Crippen molar-refractivity contribution in [3.05, 3.63) is 45.9 Å². The highest BCUT2D eigenvalue weighted by molar-refractivity contribution is 7.09. The molecule has 114 valence electrons. The van der Waals surface area contributed by atoms with Crippen molar-refractivity contribution in [2.45, 2.75) is 39.7 Å². The third kappa shape index (κ3) is 3.83. The van der Waals surface area contributed by atoms with E-state index in [2.05, 4.69) is 43.6 Å². The van der Waals surface area contributed by atoms with Gasteiger partial charge in [0, 0.05) is 10.9 Å². The molecule has 3 nitrogen and oxygen atoms in total. The second-order valence-electron chi connectivity index (χ2n) is 5.23. The van der Waals surface area contributed by atoms with Crippen LogP contribution in [-0.2, 0) is 0 Å². The number of rotatable bonds is 7. The zero-order valence-corrected chi connectivity index (χ0v) is 14.0. The number of nitrogens with one attached hydrogen (secondary N) is 1. The lowest BCUT2D eigenvalue weighted by Crippen LogP contribution is -2.22. The molecule has 1 N–H and O–H groups in total. The molecular formula is C17H24N2OS. The summed E-state index contributed by atoms with van der Waals surface area (Å²) in [7, 11) is 0. The number of benzene rings is 1. The van der Waals surface area contributed by atoms with Crippen LogP contribution in [0.25, 0.3) is 0 Å².